The first-order chi connectivity index (χ1) is 7.06. The molecule has 0 unspecified atom stereocenters. The Balaban J connectivity index is 0.000000921. The van der Waals surface area contributed by atoms with Gasteiger partial charge in [0.2, 0.25) is 0 Å². The van der Waals surface area contributed by atoms with Gasteiger partial charge in [-0.2, -0.15) is 0 Å². The summed E-state index contributed by atoms with van der Waals surface area (Å²) in [5.41, 5.74) is 5.29. The Labute approximate surface area is 93.6 Å². The van der Waals surface area contributed by atoms with Crippen LogP contribution in [-0.4, -0.2) is 4.98 Å². The Bertz CT molecular complexity index is 362. The average molecular weight is 203 g/mol. The molecule has 15 heavy (non-hydrogen) atoms. The summed E-state index contributed by atoms with van der Waals surface area (Å²) in [6.07, 6.45) is 1.84. The first-order valence-corrected chi connectivity index (χ1v) is 5.33. The first-order valence-electron chi connectivity index (χ1n) is 5.33. The molecule has 1 aromatic rings. The topological polar surface area (TPSA) is 12.9 Å². The van der Waals surface area contributed by atoms with Crippen LogP contribution in [0.1, 0.15) is 43.3 Å². The molecule has 0 saturated heterocycles. The molecule has 0 aliphatic rings. The third-order valence-corrected chi connectivity index (χ3v) is 2.00. The van der Waals surface area contributed by atoms with Gasteiger partial charge in [0.25, 0.3) is 0 Å². The summed E-state index contributed by atoms with van der Waals surface area (Å²) in [4.78, 5) is 4.43. The minimum absolute atomic E-state index is 0.965. The molecule has 1 aromatic heterocycles. The van der Waals surface area contributed by atoms with Gasteiger partial charge in [-0.1, -0.05) is 33.1 Å². The molecule has 0 aromatic carbocycles. The van der Waals surface area contributed by atoms with E-state index in [2.05, 4.69) is 31.1 Å². The van der Waals surface area contributed by atoms with E-state index in [9.17, 15) is 0 Å². The molecule has 1 rings (SSSR count). The standard InChI is InChI=1S/C12H15N.C2H6/c1-6-11-9(4)7-10(5)13-12(11)8(2)3;1-2/h6-7H,1-2H2,3-5H3;1-2H3. The molecule has 1 nitrogen and oxygen atoms in total. The number of hydrogen-bond acceptors (Lipinski definition) is 1. The largest absolute Gasteiger partial charge is 0.253 e. The summed E-state index contributed by atoms with van der Waals surface area (Å²) in [5.74, 6) is 0. The van der Waals surface area contributed by atoms with Gasteiger partial charge < -0.3 is 0 Å². The number of aryl methyl sites for hydroxylation is 2. The van der Waals surface area contributed by atoms with Gasteiger partial charge in [-0.25, -0.2) is 0 Å². The molecule has 0 fully saturated rings. The van der Waals surface area contributed by atoms with Crippen LogP contribution in [0.2, 0.25) is 0 Å². The van der Waals surface area contributed by atoms with Gasteiger partial charge in [0.1, 0.15) is 0 Å². The highest BCUT2D eigenvalue weighted by atomic mass is 14.7. The van der Waals surface area contributed by atoms with E-state index in [-0.39, 0.29) is 0 Å². The Morgan fingerprint density at radius 2 is 1.87 bits per heavy atom. The van der Waals surface area contributed by atoms with Crippen LogP contribution in [0.15, 0.2) is 19.2 Å². The molecule has 0 atom stereocenters. The van der Waals surface area contributed by atoms with E-state index in [1.54, 1.807) is 0 Å². The van der Waals surface area contributed by atoms with Crippen LogP contribution in [0.25, 0.3) is 11.6 Å². The molecule has 0 radical (unpaired) electrons. The van der Waals surface area contributed by atoms with Crippen molar-refractivity contribution in [2.75, 3.05) is 0 Å². The summed E-state index contributed by atoms with van der Waals surface area (Å²) >= 11 is 0. The molecule has 0 saturated carbocycles. The van der Waals surface area contributed by atoms with Gasteiger partial charge in [-0.05, 0) is 38.0 Å². The molecule has 1 heterocycles. The molecule has 0 N–H and O–H groups in total. The monoisotopic (exact) mass is 203 g/mol. The van der Waals surface area contributed by atoms with E-state index in [0.717, 1.165) is 22.5 Å². The number of rotatable bonds is 2. The predicted octanol–water partition coefficient (Wildman–Crippen LogP) is 4.40. The minimum Gasteiger partial charge on any atom is -0.253 e. The maximum atomic E-state index is 4.43. The smallest absolute Gasteiger partial charge is 0.0730 e. The fourth-order valence-corrected chi connectivity index (χ4v) is 1.43. The van der Waals surface area contributed by atoms with Crippen LogP contribution in [-0.2, 0) is 0 Å². The summed E-state index contributed by atoms with van der Waals surface area (Å²) in [6.45, 7) is 17.7. The second kappa shape index (κ2) is 6.18. The van der Waals surface area contributed by atoms with Crippen LogP contribution in [0, 0.1) is 13.8 Å². The Hall–Kier alpha value is -1.37. The summed E-state index contributed by atoms with van der Waals surface area (Å²) in [6, 6.07) is 2.06. The van der Waals surface area contributed by atoms with Crippen LogP contribution in [0.4, 0.5) is 0 Å². The van der Waals surface area contributed by atoms with Crippen molar-refractivity contribution in [2.45, 2.75) is 34.6 Å². The lowest BCUT2D eigenvalue weighted by molar-refractivity contribution is 1.14. The number of allylic oxidation sites excluding steroid dienone is 1. The van der Waals surface area contributed by atoms with E-state index in [1.165, 1.54) is 5.56 Å². The van der Waals surface area contributed by atoms with E-state index < -0.39 is 0 Å². The number of nitrogens with zero attached hydrogens (tertiary/aromatic N) is 1. The van der Waals surface area contributed by atoms with Crippen LogP contribution in [0.3, 0.4) is 0 Å². The quantitative estimate of drug-likeness (QED) is 0.694. The summed E-state index contributed by atoms with van der Waals surface area (Å²) < 4.78 is 0. The second-order valence-corrected chi connectivity index (χ2v) is 3.33. The maximum Gasteiger partial charge on any atom is 0.0730 e. The van der Waals surface area contributed by atoms with Crippen molar-refractivity contribution < 1.29 is 0 Å². The van der Waals surface area contributed by atoms with E-state index in [4.69, 9.17) is 0 Å². The number of pyridine rings is 1. The molecule has 82 valence electrons. The third-order valence-electron chi connectivity index (χ3n) is 2.00. The molecular formula is C14H21N. The average Bonchev–Trinajstić information content (AvgIpc) is 2.19. The first kappa shape index (κ1) is 13.6. The van der Waals surface area contributed by atoms with Crippen molar-refractivity contribution in [3.8, 4) is 0 Å². The second-order valence-electron chi connectivity index (χ2n) is 3.33. The number of hydrogen-bond donors (Lipinski definition) is 0. The van der Waals surface area contributed by atoms with Gasteiger partial charge in [0, 0.05) is 11.3 Å². The zero-order valence-electron chi connectivity index (χ0n) is 10.5. The predicted molar refractivity (Wildman–Crippen MR) is 69.9 cm³/mol. The normalized spacial score (nSPS) is 8.87. The SMILES string of the molecule is C=Cc1c(C)cc(C)nc1C(=C)C.CC. The maximum absolute atomic E-state index is 4.43. The van der Waals surface area contributed by atoms with Gasteiger partial charge in [-0.15, -0.1) is 0 Å². The van der Waals surface area contributed by atoms with E-state index in [0.29, 0.717) is 0 Å². The molecule has 0 amide bonds. The molecule has 1 heteroatoms. The van der Waals surface area contributed by atoms with Crippen LogP contribution >= 0.6 is 0 Å². The van der Waals surface area contributed by atoms with Crippen molar-refractivity contribution in [1.82, 2.24) is 4.98 Å². The molecule has 0 bridgehead atoms. The van der Waals surface area contributed by atoms with Crippen molar-refractivity contribution in [3.05, 3.63) is 41.7 Å². The van der Waals surface area contributed by atoms with Crippen molar-refractivity contribution in [2.24, 2.45) is 0 Å². The fourth-order valence-electron chi connectivity index (χ4n) is 1.43. The summed E-state index contributed by atoms with van der Waals surface area (Å²) in [7, 11) is 0. The van der Waals surface area contributed by atoms with E-state index >= 15 is 0 Å². The van der Waals surface area contributed by atoms with Crippen LogP contribution < -0.4 is 0 Å². The van der Waals surface area contributed by atoms with Gasteiger partial charge in [0.05, 0.1) is 5.69 Å². The van der Waals surface area contributed by atoms with Gasteiger partial charge >= 0.3 is 0 Å². The lowest BCUT2D eigenvalue weighted by Gasteiger charge is -2.09. The molecule has 0 aliphatic heterocycles. The van der Waals surface area contributed by atoms with Gasteiger partial charge in [-0.3, -0.25) is 4.98 Å². The Morgan fingerprint density at radius 1 is 1.33 bits per heavy atom. The zero-order valence-corrected chi connectivity index (χ0v) is 10.5. The third kappa shape index (κ3) is 3.35. The zero-order chi connectivity index (χ0) is 12.0. The highest BCUT2D eigenvalue weighted by Gasteiger charge is 2.05. The van der Waals surface area contributed by atoms with Crippen molar-refractivity contribution in [1.29, 1.82) is 0 Å². The summed E-state index contributed by atoms with van der Waals surface area (Å²) in [5, 5.41) is 0. The lowest BCUT2D eigenvalue weighted by atomic mass is 10.0. The highest BCUT2D eigenvalue weighted by molar-refractivity contribution is 5.70. The molecular weight excluding hydrogens is 182 g/mol. The van der Waals surface area contributed by atoms with Crippen LogP contribution in [0.5, 0.6) is 0 Å². The Kier molecular flexibility index (Phi) is 5.61. The fraction of sp³-hybridized carbons (Fsp3) is 0.357. The van der Waals surface area contributed by atoms with Gasteiger partial charge in [0.15, 0.2) is 0 Å². The number of aromatic nitrogens is 1. The Morgan fingerprint density at radius 3 is 2.27 bits per heavy atom. The van der Waals surface area contributed by atoms with Crippen molar-refractivity contribution in [3.63, 3.8) is 0 Å². The lowest BCUT2D eigenvalue weighted by Crippen LogP contribution is -1.96. The molecule has 0 spiro atoms. The highest BCUT2D eigenvalue weighted by Crippen LogP contribution is 2.20. The molecule has 0 aliphatic carbocycles. The van der Waals surface area contributed by atoms with Crippen molar-refractivity contribution >= 4 is 11.6 Å². The van der Waals surface area contributed by atoms with E-state index in [1.807, 2.05) is 33.8 Å². The minimum atomic E-state index is 0.965.